The van der Waals surface area contributed by atoms with Crippen molar-refractivity contribution in [1.82, 2.24) is 4.98 Å². The van der Waals surface area contributed by atoms with Gasteiger partial charge in [0.1, 0.15) is 5.69 Å². The molecule has 5 heteroatoms. The third-order valence-corrected chi connectivity index (χ3v) is 2.05. The number of pyridine rings is 1. The van der Waals surface area contributed by atoms with Crippen LogP contribution in [0.1, 0.15) is 10.5 Å². The van der Waals surface area contributed by atoms with Gasteiger partial charge in [-0.25, -0.2) is 4.98 Å². The maximum atomic E-state index is 12.4. The summed E-state index contributed by atoms with van der Waals surface area (Å²) < 4.78 is 12.9. The Morgan fingerprint density at radius 2 is 2.27 bits per heavy atom. The fraction of sp³-hybridized carbons (Fsp3) is 0. The Morgan fingerprint density at radius 3 is 2.73 bits per heavy atom. The molecule has 0 aliphatic rings. The number of carbonyl (C=O) groups excluding carboxylic acids is 1. The van der Waals surface area contributed by atoms with Crippen LogP contribution in [0.3, 0.4) is 0 Å². The molecule has 0 saturated heterocycles. The van der Waals surface area contributed by atoms with Gasteiger partial charge in [-0.1, -0.05) is 0 Å². The summed E-state index contributed by atoms with van der Waals surface area (Å²) in [4.78, 5) is 13.9. The van der Waals surface area contributed by atoms with Crippen molar-refractivity contribution in [2.24, 2.45) is 0 Å². The predicted molar refractivity (Wildman–Crippen MR) is 47.1 cm³/mol. The van der Waals surface area contributed by atoms with Gasteiger partial charge < -0.3 is 0 Å². The third kappa shape index (κ3) is 2.10. The molecule has 11 heavy (non-hydrogen) atoms. The molecule has 0 radical (unpaired) electrons. The zero-order chi connectivity index (χ0) is 8.43. The molecule has 0 unspecified atom stereocenters. The molecule has 0 atom stereocenters. The average Bonchev–Trinajstić information content (AvgIpc) is 1.94. The molecule has 0 spiro atoms. The van der Waals surface area contributed by atoms with Gasteiger partial charge in [0, 0.05) is 3.57 Å². The van der Waals surface area contributed by atoms with Crippen LogP contribution >= 0.6 is 34.2 Å². The number of aromatic nitrogens is 1. The summed E-state index contributed by atoms with van der Waals surface area (Å²) in [5.41, 5.74) is -0.0349. The minimum Gasteiger partial charge on any atom is -0.274 e. The van der Waals surface area contributed by atoms with Crippen LogP contribution in [0.2, 0.25) is 0 Å². The maximum absolute atomic E-state index is 12.4. The van der Waals surface area contributed by atoms with Crippen LogP contribution in [0.15, 0.2) is 12.1 Å². The van der Waals surface area contributed by atoms with E-state index in [9.17, 15) is 9.18 Å². The van der Waals surface area contributed by atoms with Crippen LogP contribution < -0.4 is 0 Å². The molecule has 0 aliphatic heterocycles. The van der Waals surface area contributed by atoms with Crippen molar-refractivity contribution in [2.75, 3.05) is 0 Å². The van der Waals surface area contributed by atoms with E-state index in [-0.39, 0.29) is 5.69 Å². The average molecular weight is 285 g/mol. The van der Waals surface area contributed by atoms with Crippen LogP contribution in [0.4, 0.5) is 4.39 Å². The first-order valence-corrected chi connectivity index (χ1v) is 4.09. The zero-order valence-corrected chi connectivity index (χ0v) is 8.06. The van der Waals surface area contributed by atoms with Crippen molar-refractivity contribution in [2.45, 2.75) is 0 Å². The standard InChI is InChI=1S/C6H2ClFINO/c7-6(11)5-3(9)1-2-4(8)10-5/h1-2H. The topological polar surface area (TPSA) is 30.0 Å². The lowest BCUT2D eigenvalue weighted by atomic mass is 10.4. The van der Waals surface area contributed by atoms with Crippen molar-refractivity contribution in [3.05, 3.63) is 27.3 Å². The van der Waals surface area contributed by atoms with E-state index < -0.39 is 11.2 Å². The van der Waals surface area contributed by atoms with E-state index in [2.05, 4.69) is 4.98 Å². The monoisotopic (exact) mass is 285 g/mol. The largest absolute Gasteiger partial charge is 0.274 e. The molecule has 0 aliphatic carbocycles. The van der Waals surface area contributed by atoms with Gasteiger partial charge >= 0.3 is 0 Å². The Morgan fingerprint density at radius 1 is 1.64 bits per heavy atom. The van der Waals surface area contributed by atoms with Crippen LogP contribution in [0, 0.1) is 9.52 Å². The summed E-state index contributed by atoms with van der Waals surface area (Å²) in [7, 11) is 0. The number of halogens is 3. The van der Waals surface area contributed by atoms with Crippen molar-refractivity contribution in [3.63, 3.8) is 0 Å². The highest BCUT2D eigenvalue weighted by Crippen LogP contribution is 2.11. The van der Waals surface area contributed by atoms with Crippen LogP contribution in [0.5, 0.6) is 0 Å². The quantitative estimate of drug-likeness (QED) is 0.450. The summed E-state index contributed by atoms with van der Waals surface area (Å²) in [5, 5.41) is -0.742. The molecule has 0 aromatic carbocycles. The lowest BCUT2D eigenvalue weighted by Gasteiger charge is -1.95. The van der Waals surface area contributed by atoms with Crippen molar-refractivity contribution in [3.8, 4) is 0 Å². The molecule has 0 amide bonds. The van der Waals surface area contributed by atoms with Crippen molar-refractivity contribution in [1.29, 1.82) is 0 Å². The maximum Gasteiger partial charge on any atom is 0.272 e. The first-order chi connectivity index (χ1) is 5.11. The smallest absolute Gasteiger partial charge is 0.272 e. The fourth-order valence-corrected chi connectivity index (χ4v) is 1.40. The molecule has 58 valence electrons. The van der Waals surface area contributed by atoms with Gasteiger partial charge in [0.15, 0.2) is 0 Å². The summed E-state index contributed by atoms with van der Waals surface area (Å²) in [6, 6.07) is 2.61. The summed E-state index contributed by atoms with van der Waals surface area (Å²) in [6.45, 7) is 0. The normalized spacial score (nSPS) is 9.73. The second kappa shape index (κ2) is 3.44. The molecular weight excluding hydrogens is 283 g/mol. The molecule has 1 aromatic rings. The highest BCUT2D eigenvalue weighted by Gasteiger charge is 2.09. The van der Waals surface area contributed by atoms with Gasteiger partial charge in [0.25, 0.3) is 5.24 Å². The first kappa shape index (κ1) is 8.86. The highest BCUT2D eigenvalue weighted by molar-refractivity contribution is 14.1. The molecule has 0 N–H and O–H groups in total. The lowest BCUT2D eigenvalue weighted by Crippen LogP contribution is -1.99. The molecule has 2 nitrogen and oxygen atoms in total. The SMILES string of the molecule is O=C(Cl)c1nc(F)ccc1I. The number of rotatable bonds is 1. The number of carbonyl (C=O) groups is 1. The molecule has 0 fully saturated rings. The van der Waals surface area contributed by atoms with Gasteiger partial charge in [0.05, 0.1) is 0 Å². The van der Waals surface area contributed by atoms with E-state index in [1.54, 1.807) is 0 Å². The number of hydrogen-bond acceptors (Lipinski definition) is 2. The highest BCUT2D eigenvalue weighted by atomic mass is 127. The van der Waals surface area contributed by atoms with Gasteiger partial charge in [-0.2, -0.15) is 4.39 Å². The summed E-state index contributed by atoms with van der Waals surface area (Å²) in [5.74, 6) is -0.700. The molecular formula is C6H2ClFINO. The van der Waals surface area contributed by atoms with E-state index in [0.717, 1.165) is 0 Å². The van der Waals surface area contributed by atoms with Gasteiger partial charge in [-0.3, -0.25) is 4.79 Å². The Labute approximate surface area is 80.9 Å². The van der Waals surface area contributed by atoms with Crippen molar-refractivity contribution < 1.29 is 9.18 Å². The lowest BCUT2D eigenvalue weighted by molar-refractivity contribution is 0.107. The second-order valence-corrected chi connectivity index (χ2v) is 3.24. The van der Waals surface area contributed by atoms with E-state index >= 15 is 0 Å². The van der Waals surface area contributed by atoms with Crippen LogP contribution in [-0.4, -0.2) is 10.2 Å². The van der Waals surface area contributed by atoms with Crippen LogP contribution in [0.25, 0.3) is 0 Å². The van der Waals surface area contributed by atoms with Gasteiger partial charge in [0.2, 0.25) is 5.95 Å². The minimum absolute atomic E-state index is 0.0349. The predicted octanol–water partition coefficient (Wildman–Crippen LogP) is 2.20. The fourth-order valence-electron chi connectivity index (χ4n) is 0.556. The van der Waals surface area contributed by atoms with E-state index in [1.807, 2.05) is 22.6 Å². The Balaban J connectivity index is 3.23. The minimum atomic E-state index is -0.742. The Kier molecular flexibility index (Phi) is 2.78. The third-order valence-electron chi connectivity index (χ3n) is 0.998. The van der Waals surface area contributed by atoms with E-state index in [0.29, 0.717) is 3.57 Å². The molecule has 0 bridgehead atoms. The Bertz CT molecular complexity index is 305. The van der Waals surface area contributed by atoms with E-state index in [1.165, 1.54) is 12.1 Å². The number of hydrogen-bond donors (Lipinski definition) is 0. The van der Waals surface area contributed by atoms with Crippen LogP contribution in [-0.2, 0) is 0 Å². The second-order valence-electron chi connectivity index (χ2n) is 1.74. The molecule has 1 rings (SSSR count). The van der Waals surface area contributed by atoms with E-state index in [4.69, 9.17) is 11.6 Å². The summed E-state index contributed by atoms with van der Waals surface area (Å²) in [6.07, 6.45) is 0. The first-order valence-electron chi connectivity index (χ1n) is 2.63. The number of nitrogens with zero attached hydrogens (tertiary/aromatic N) is 1. The van der Waals surface area contributed by atoms with Gasteiger partial charge in [-0.05, 0) is 46.3 Å². The molecule has 1 heterocycles. The summed E-state index contributed by atoms with van der Waals surface area (Å²) >= 11 is 6.97. The molecule has 0 saturated carbocycles. The van der Waals surface area contributed by atoms with Gasteiger partial charge in [-0.15, -0.1) is 0 Å². The molecule has 1 aromatic heterocycles. The Hall–Kier alpha value is -0.230. The zero-order valence-electron chi connectivity index (χ0n) is 5.14. The van der Waals surface area contributed by atoms with Crippen molar-refractivity contribution >= 4 is 39.4 Å².